The number of aromatic nitrogens is 1. The van der Waals surface area contributed by atoms with Gasteiger partial charge in [0.15, 0.2) is 0 Å². The molecule has 3 aliphatic rings. The lowest BCUT2D eigenvalue weighted by atomic mass is 9.70. The van der Waals surface area contributed by atoms with Crippen LogP contribution in [0.15, 0.2) is 90.8 Å². The molecule has 2 nitrogen and oxygen atoms in total. The van der Waals surface area contributed by atoms with Gasteiger partial charge in [-0.1, -0.05) is 60.7 Å². The molecule has 2 heteroatoms. The van der Waals surface area contributed by atoms with Gasteiger partial charge in [0.1, 0.15) is 0 Å². The van der Waals surface area contributed by atoms with Crippen LogP contribution in [0.1, 0.15) is 28.4 Å². The second-order valence-electron chi connectivity index (χ2n) is 6.86. The van der Waals surface area contributed by atoms with Gasteiger partial charge in [-0.25, -0.2) is 0 Å². The van der Waals surface area contributed by atoms with E-state index in [4.69, 9.17) is 4.98 Å². The molecule has 25 heavy (non-hydrogen) atoms. The smallest absolute Gasteiger partial charge is 0.0917 e. The fourth-order valence-electron chi connectivity index (χ4n) is 5.01. The molecule has 2 aromatic carbocycles. The van der Waals surface area contributed by atoms with E-state index >= 15 is 0 Å². The van der Waals surface area contributed by atoms with Crippen molar-refractivity contribution in [3.63, 3.8) is 0 Å². The van der Waals surface area contributed by atoms with E-state index in [0.717, 1.165) is 5.69 Å². The van der Waals surface area contributed by atoms with Gasteiger partial charge in [0.2, 0.25) is 0 Å². The Labute approximate surface area is 146 Å². The minimum atomic E-state index is -0.237. The predicted octanol–water partition coefficient (Wildman–Crippen LogP) is 4.49. The Hall–Kier alpha value is -3.13. The summed E-state index contributed by atoms with van der Waals surface area (Å²) in [7, 11) is 0. The molecule has 0 saturated carbocycles. The molecule has 1 N–H and O–H groups in total. The van der Waals surface area contributed by atoms with E-state index in [1.54, 1.807) is 0 Å². The van der Waals surface area contributed by atoms with Gasteiger partial charge < -0.3 is 5.32 Å². The Morgan fingerprint density at radius 2 is 1.48 bits per heavy atom. The fourth-order valence-corrected chi connectivity index (χ4v) is 5.01. The number of hydrogen-bond donors (Lipinski definition) is 1. The molecule has 2 aliphatic carbocycles. The van der Waals surface area contributed by atoms with Crippen molar-refractivity contribution in [1.82, 2.24) is 10.3 Å². The molecule has 3 aromatic rings. The number of allylic oxidation sites excluding steroid dienone is 2. The fraction of sp³-hybridized carbons (Fsp3) is 0.0870. The standard InChI is InChI=1S/C23H16N2/c1-3-9-17-15(7-1)16-8-2-4-10-18(16)23(17)19-11-5-13-24-21(19)22-20(23)12-6-14-25-22/h1-14,21,24H. The summed E-state index contributed by atoms with van der Waals surface area (Å²) < 4.78 is 0. The maximum absolute atomic E-state index is 4.77. The van der Waals surface area contributed by atoms with E-state index in [2.05, 4.69) is 78.1 Å². The minimum absolute atomic E-state index is 0.139. The molecule has 1 aliphatic heterocycles. The monoisotopic (exact) mass is 320 g/mol. The van der Waals surface area contributed by atoms with Gasteiger partial charge in [-0.05, 0) is 51.7 Å². The molecule has 0 saturated heterocycles. The van der Waals surface area contributed by atoms with Crippen LogP contribution in [0.4, 0.5) is 0 Å². The number of nitrogens with zero attached hydrogens (tertiary/aromatic N) is 1. The molecular weight excluding hydrogens is 304 g/mol. The first kappa shape index (κ1) is 13.2. The first-order chi connectivity index (χ1) is 12.4. The SMILES string of the molecule is C1=CNC2C(=C1)C1(c3ccccc3-c3ccccc31)c1cccnc12. The summed E-state index contributed by atoms with van der Waals surface area (Å²) >= 11 is 0. The van der Waals surface area contributed by atoms with Crippen LogP contribution in [0.25, 0.3) is 11.1 Å². The molecule has 6 rings (SSSR count). The zero-order valence-electron chi connectivity index (χ0n) is 13.6. The average Bonchev–Trinajstić information content (AvgIpc) is 3.16. The highest BCUT2D eigenvalue weighted by Crippen LogP contribution is 2.63. The van der Waals surface area contributed by atoms with E-state index in [1.807, 2.05) is 12.4 Å². The lowest BCUT2D eigenvalue weighted by Gasteiger charge is -2.32. The van der Waals surface area contributed by atoms with Crippen molar-refractivity contribution in [2.24, 2.45) is 0 Å². The molecule has 1 unspecified atom stereocenters. The van der Waals surface area contributed by atoms with Crippen LogP contribution in [0.3, 0.4) is 0 Å². The third-order valence-corrected chi connectivity index (χ3v) is 5.85. The third kappa shape index (κ3) is 1.40. The molecule has 0 radical (unpaired) electrons. The summed E-state index contributed by atoms with van der Waals surface area (Å²) in [5, 5.41) is 3.54. The number of fused-ring (bicyclic) bond motifs is 10. The number of rotatable bonds is 0. The molecular formula is C23H16N2. The van der Waals surface area contributed by atoms with E-state index in [-0.39, 0.29) is 11.5 Å². The summed E-state index contributed by atoms with van der Waals surface area (Å²) in [6.45, 7) is 0. The molecule has 1 spiro atoms. The lowest BCUT2D eigenvalue weighted by molar-refractivity contribution is 0.651. The summed E-state index contributed by atoms with van der Waals surface area (Å²) in [5.41, 5.74) is 9.00. The average molecular weight is 320 g/mol. The molecule has 0 amide bonds. The Bertz CT molecular complexity index is 1050. The van der Waals surface area contributed by atoms with Crippen molar-refractivity contribution in [1.29, 1.82) is 0 Å². The Morgan fingerprint density at radius 1 is 0.800 bits per heavy atom. The number of benzene rings is 2. The van der Waals surface area contributed by atoms with Gasteiger partial charge in [0, 0.05) is 6.20 Å². The second kappa shape index (κ2) is 4.48. The summed E-state index contributed by atoms with van der Waals surface area (Å²) in [6.07, 6.45) is 8.32. The second-order valence-corrected chi connectivity index (χ2v) is 6.86. The zero-order chi connectivity index (χ0) is 16.4. The van der Waals surface area contributed by atoms with Crippen LogP contribution in [0.5, 0.6) is 0 Å². The van der Waals surface area contributed by atoms with Gasteiger partial charge in [-0.15, -0.1) is 0 Å². The molecule has 1 aromatic heterocycles. The van der Waals surface area contributed by atoms with Gasteiger partial charge >= 0.3 is 0 Å². The van der Waals surface area contributed by atoms with Crippen molar-refractivity contribution in [3.05, 3.63) is 113 Å². The highest BCUT2D eigenvalue weighted by Gasteiger charge is 2.55. The zero-order valence-corrected chi connectivity index (χ0v) is 13.6. The third-order valence-electron chi connectivity index (χ3n) is 5.85. The first-order valence-electron chi connectivity index (χ1n) is 8.70. The Balaban J connectivity index is 1.84. The van der Waals surface area contributed by atoms with E-state index in [9.17, 15) is 0 Å². The Morgan fingerprint density at radius 3 is 2.24 bits per heavy atom. The topological polar surface area (TPSA) is 24.9 Å². The van der Waals surface area contributed by atoms with Crippen molar-refractivity contribution >= 4 is 0 Å². The quantitative estimate of drug-likeness (QED) is 0.660. The van der Waals surface area contributed by atoms with Crippen LogP contribution >= 0.6 is 0 Å². The normalized spacial score (nSPS) is 20.3. The highest BCUT2D eigenvalue weighted by molar-refractivity contribution is 5.88. The molecule has 0 bridgehead atoms. The molecule has 2 heterocycles. The van der Waals surface area contributed by atoms with E-state index in [1.165, 1.54) is 33.4 Å². The summed E-state index contributed by atoms with van der Waals surface area (Å²) in [6, 6.07) is 22.1. The number of nitrogens with one attached hydrogen (secondary N) is 1. The Kier molecular flexibility index (Phi) is 2.37. The number of dihydropyridines is 1. The lowest BCUT2D eigenvalue weighted by Crippen LogP contribution is -2.29. The van der Waals surface area contributed by atoms with Gasteiger partial charge in [-0.3, -0.25) is 4.98 Å². The van der Waals surface area contributed by atoms with Crippen molar-refractivity contribution in [2.75, 3.05) is 0 Å². The van der Waals surface area contributed by atoms with E-state index < -0.39 is 0 Å². The summed E-state index contributed by atoms with van der Waals surface area (Å²) in [4.78, 5) is 4.77. The maximum atomic E-state index is 4.77. The first-order valence-corrected chi connectivity index (χ1v) is 8.70. The molecule has 1 atom stereocenters. The number of pyridine rings is 1. The van der Waals surface area contributed by atoms with Crippen LogP contribution in [0, 0.1) is 0 Å². The highest BCUT2D eigenvalue weighted by atomic mass is 15.0. The van der Waals surface area contributed by atoms with Gasteiger partial charge in [0.25, 0.3) is 0 Å². The van der Waals surface area contributed by atoms with Crippen molar-refractivity contribution in [2.45, 2.75) is 11.5 Å². The van der Waals surface area contributed by atoms with Crippen LogP contribution in [0.2, 0.25) is 0 Å². The van der Waals surface area contributed by atoms with Gasteiger partial charge in [0.05, 0.1) is 17.2 Å². The van der Waals surface area contributed by atoms with Crippen LogP contribution in [-0.2, 0) is 5.41 Å². The summed E-state index contributed by atoms with van der Waals surface area (Å²) in [5.74, 6) is 0. The van der Waals surface area contributed by atoms with Gasteiger partial charge in [-0.2, -0.15) is 0 Å². The molecule has 118 valence electrons. The molecule has 0 fully saturated rings. The van der Waals surface area contributed by atoms with Crippen molar-refractivity contribution < 1.29 is 0 Å². The largest absolute Gasteiger partial charge is 0.379 e. The minimum Gasteiger partial charge on any atom is -0.379 e. The van der Waals surface area contributed by atoms with Crippen molar-refractivity contribution in [3.8, 4) is 11.1 Å². The van der Waals surface area contributed by atoms with Crippen LogP contribution in [-0.4, -0.2) is 4.98 Å². The van der Waals surface area contributed by atoms with Crippen LogP contribution < -0.4 is 5.32 Å². The van der Waals surface area contributed by atoms with E-state index in [0.29, 0.717) is 0 Å². The maximum Gasteiger partial charge on any atom is 0.0917 e. The number of hydrogen-bond acceptors (Lipinski definition) is 2. The predicted molar refractivity (Wildman–Crippen MR) is 99.1 cm³/mol.